The molecule has 0 spiro atoms. The number of halogens is 1. The van der Waals surface area contributed by atoms with Crippen LogP contribution in [-0.4, -0.2) is 19.8 Å². The first-order valence-corrected chi connectivity index (χ1v) is 3.97. The van der Waals surface area contributed by atoms with E-state index >= 15 is 0 Å². The maximum absolute atomic E-state index is 5.54. The maximum atomic E-state index is 5.54. The fourth-order valence-corrected chi connectivity index (χ4v) is 1.54. The molecule has 0 bridgehead atoms. The summed E-state index contributed by atoms with van der Waals surface area (Å²) < 4.78 is 1.61. The van der Waals surface area contributed by atoms with Crippen molar-refractivity contribution in [1.82, 2.24) is 19.8 Å². The topological polar surface area (TPSA) is 43.1 Å². The monoisotopic (exact) mass is 174 g/mol. The standard InChI is InChI=1S/C4H3ClN4S/c5-1-3-8-9-2-6-7-4(9)10-3/h2H,1H2. The summed E-state index contributed by atoms with van der Waals surface area (Å²) in [6.45, 7) is 0. The van der Waals surface area contributed by atoms with Gasteiger partial charge in [0.2, 0.25) is 4.96 Å². The van der Waals surface area contributed by atoms with Crippen LogP contribution >= 0.6 is 22.9 Å². The number of aromatic nitrogens is 4. The molecule has 0 aliphatic carbocycles. The second kappa shape index (κ2) is 2.17. The van der Waals surface area contributed by atoms with Crippen LogP contribution in [0.15, 0.2) is 6.33 Å². The zero-order valence-electron chi connectivity index (χ0n) is 4.86. The molecular weight excluding hydrogens is 172 g/mol. The van der Waals surface area contributed by atoms with E-state index in [1.807, 2.05) is 0 Å². The number of nitrogens with zero attached hydrogens (tertiary/aromatic N) is 4. The molecule has 2 aromatic rings. The molecule has 52 valence electrons. The highest BCUT2D eigenvalue weighted by atomic mass is 35.5. The third-order valence-corrected chi connectivity index (χ3v) is 2.37. The van der Waals surface area contributed by atoms with Crippen LogP contribution in [0.2, 0.25) is 0 Å². The van der Waals surface area contributed by atoms with E-state index in [9.17, 15) is 0 Å². The Labute approximate surface area is 65.5 Å². The fraction of sp³-hybridized carbons (Fsp3) is 0.250. The Bertz CT molecular complexity index is 311. The molecule has 2 heterocycles. The molecule has 0 fully saturated rings. The predicted molar refractivity (Wildman–Crippen MR) is 38.2 cm³/mol. The molecule has 0 aliphatic rings. The average Bonchev–Trinajstić information content (AvgIpc) is 2.42. The lowest BCUT2D eigenvalue weighted by molar-refractivity contribution is 0.925. The smallest absolute Gasteiger partial charge is 0.190 e. The number of hydrogen-bond donors (Lipinski definition) is 0. The summed E-state index contributed by atoms with van der Waals surface area (Å²) in [7, 11) is 0. The van der Waals surface area contributed by atoms with Crippen molar-refractivity contribution < 1.29 is 0 Å². The van der Waals surface area contributed by atoms with Gasteiger partial charge in [0.1, 0.15) is 11.3 Å². The highest BCUT2D eigenvalue weighted by molar-refractivity contribution is 7.16. The molecule has 2 aromatic heterocycles. The highest BCUT2D eigenvalue weighted by Gasteiger charge is 2.01. The molecule has 0 N–H and O–H groups in total. The minimum atomic E-state index is 0.439. The summed E-state index contributed by atoms with van der Waals surface area (Å²) in [6, 6.07) is 0. The number of hydrogen-bond acceptors (Lipinski definition) is 4. The molecule has 0 radical (unpaired) electrons. The molecule has 0 aliphatic heterocycles. The summed E-state index contributed by atoms with van der Waals surface area (Å²) in [5.74, 6) is 0.439. The van der Waals surface area contributed by atoms with Gasteiger partial charge in [0.15, 0.2) is 0 Å². The van der Waals surface area contributed by atoms with Crippen molar-refractivity contribution >= 4 is 27.9 Å². The van der Waals surface area contributed by atoms with Gasteiger partial charge in [-0.1, -0.05) is 11.3 Å². The third kappa shape index (κ3) is 0.783. The van der Waals surface area contributed by atoms with Gasteiger partial charge in [-0.25, -0.2) is 0 Å². The molecule has 2 rings (SSSR count). The molecule has 0 amide bonds. The molecule has 0 atom stereocenters. The average molecular weight is 175 g/mol. The Kier molecular flexibility index (Phi) is 1.32. The van der Waals surface area contributed by atoms with Gasteiger partial charge in [-0.05, 0) is 0 Å². The van der Waals surface area contributed by atoms with Gasteiger partial charge in [-0.15, -0.1) is 21.8 Å². The first-order chi connectivity index (χ1) is 4.90. The van der Waals surface area contributed by atoms with Crippen LogP contribution in [0.25, 0.3) is 4.96 Å². The Morgan fingerprint density at radius 1 is 1.70 bits per heavy atom. The molecule has 6 heteroatoms. The number of rotatable bonds is 1. The van der Waals surface area contributed by atoms with Crippen LogP contribution < -0.4 is 0 Å². The first kappa shape index (κ1) is 6.06. The van der Waals surface area contributed by atoms with Crippen molar-refractivity contribution in [3.8, 4) is 0 Å². The molecule has 0 unspecified atom stereocenters. The fourth-order valence-electron chi connectivity index (χ4n) is 0.655. The quantitative estimate of drug-likeness (QED) is 0.604. The van der Waals surface area contributed by atoms with E-state index in [4.69, 9.17) is 11.6 Å². The summed E-state index contributed by atoms with van der Waals surface area (Å²) in [5, 5.41) is 12.4. The van der Waals surface area contributed by atoms with Crippen molar-refractivity contribution in [3.05, 3.63) is 11.3 Å². The molecule has 10 heavy (non-hydrogen) atoms. The van der Waals surface area contributed by atoms with Crippen LogP contribution in [-0.2, 0) is 5.88 Å². The minimum Gasteiger partial charge on any atom is -0.190 e. The van der Waals surface area contributed by atoms with Crippen molar-refractivity contribution in [2.75, 3.05) is 0 Å². The summed E-state index contributed by atoms with van der Waals surface area (Å²) in [5.41, 5.74) is 0. The zero-order valence-corrected chi connectivity index (χ0v) is 6.43. The lowest BCUT2D eigenvalue weighted by Gasteiger charge is -1.76. The van der Waals surface area contributed by atoms with Crippen LogP contribution in [0, 0.1) is 0 Å². The number of fused-ring (bicyclic) bond motifs is 1. The van der Waals surface area contributed by atoms with E-state index in [-0.39, 0.29) is 0 Å². The molecule has 0 saturated heterocycles. The Morgan fingerprint density at radius 2 is 2.60 bits per heavy atom. The van der Waals surface area contributed by atoms with E-state index in [0.29, 0.717) is 5.88 Å². The van der Waals surface area contributed by atoms with Crippen LogP contribution in [0.1, 0.15) is 5.01 Å². The summed E-state index contributed by atoms with van der Waals surface area (Å²) in [4.78, 5) is 0.788. The van der Waals surface area contributed by atoms with E-state index < -0.39 is 0 Å². The Balaban J connectivity index is 2.67. The minimum absolute atomic E-state index is 0.439. The van der Waals surface area contributed by atoms with Crippen molar-refractivity contribution in [3.63, 3.8) is 0 Å². The molecule has 0 aromatic carbocycles. The van der Waals surface area contributed by atoms with Gasteiger partial charge in [-0.3, -0.25) is 0 Å². The van der Waals surface area contributed by atoms with Gasteiger partial charge in [0, 0.05) is 0 Å². The van der Waals surface area contributed by atoms with Crippen molar-refractivity contribution in [1.29, 1.82) is 0 Å². The van der Waals surface area contributed by atoms with Gasteiger partial charge in [-0.2, -0.15) is 9.61 Å². The largest absolute Gasteiger partial charge is 0.234 e. The highest BCUT2D eigenvalue weighted by Crippen LogP contribution is 2.12. The van der Waals surface area contributed by atoms with E-state index in [1.165, 1.54) is 11.3 Å². The Hall–Kier alpha value is -0.680. The SMILES string of the molecule is ClCc1nn2cnnc2s1. The first-order valence-electron chi connectivity index (χ1n) is 2.62. The Morgan fingerprint density at radius 3 is 3.30 bits per heavy atom. The second-order valence-electron chi connectivity index (χ2n) is 1.69. The van der Waals surface area contributed by atoms with E-state index in [0.717, 1.165) is 9.97 Å². The normalized spacial score (nSPS) is 10.9. The molecular formula is C4H3ClN4S. The predicted octanol–water partition coefficient (Wildman–Crippen LogP) is 0.925. The van der Waals surface area contributed by atoms with E-state index in [1.54, 1.807) is 10.8 Å². The zero-order chi connectivity index (χ0) is 6.97. The lowest BCUT2D eigenvalue weighted by atomic mass is 10.9. The van der Waals surface area contributed by atoms with E-state index in [2.05, 4.69) is 15.3 Å². The van der Waals surface area contributed by atoms with Gasteiger partial charge in [0.05, 0.1) is 5.88 Å². The van der Waals surface area contributed by atoms with Crippen LogP contribution in [0.3, 0.4) is 0 Å². The molecule has 4 nitrogen and oxygen atoms in total. The second-order valence-corrected chi connectivity index (χ2v) is 3.00. The summed E-state index contributed by atoms with van der Waals surface area (Å²) >= 11 is 6.99. The maximum Gasteiger partial charge on any atom is 0.234 e. The van der Waals surface area contributed by atoms with Crippen molar-refractivity contribution in [2.24, 2.45) is 0 Å². The van der Waals surface area contributed by atoms with Gasteiger partial charge >= 0.3 is 0 Å². The van der Waals surface area contributed by atoms with Crippen LogP contribution in [0.5, 0.6) is 0 Å². The number of alkyl halides is 1. The lowest BCUT2D eigenvalue weighted by Crippen LogP contribution is -1.81. The third-order valence-electron chi connectivity index (χ3n) is 1.04. The van der Waals surface area contributed by atoms with Gasteiger partial charge in [0.25, 0.3) is 0 Å². The van der Waals surface area contributed by atoms with Crippen LogP contribution in [0.4, 0.5) is 0 Å². The van der Waals surface area contributed by atoms with Crippen molar-refractivity contribution in [2.45, 2.75) is 5.88 Å². The van der Waals surface area contributed by atoms with Gasteiger partial charge < -0.3 is 0 Å². The molecule has 0 saturated carbocycles. The summed E-state index contributed by atoms with van der Waals surface area (Å²) in [6.07, 6.45) is 1.56.